The second-order valence-corrected chi connectivity index (χ2v) is 9.79. The summed E-state index contributed by atoms with van der Waals surface area (Å²) in [7, 11) is 1.42. The number of piperidine rings is 2. The first-order chi connectivity index (χ1) is 16.9. The van der Waals surface area contributed by atoms with Crippen LogP contribution in [0.3, 0.4) is 0 Å². The zero-order chi connectivity index (χ0) is 24.9. The lowest BCUT2D eigenvalue weighted by Gasteiger charge is -2.37. The molecule has 1 aromatic carbocycles. The third kappa shape index (κ3) is 6.11. The molecular formula is C26H31ClFN3O4. The van der Waals surface area contributed by atoms with Crippen LogP contribution < -0.4 is 9.64 Å². The Kier molecular flexibility index (Phi) is 8.23. The van der Waals surface area contributed by atoms with E-state index in [0.29, 0.717) is 36.8 Å². The van der Waals surface area contributed by atoms with Crippen LogP contribution in [0.5, 0.6) is 5.75 Å². The Morgan fingerprint density at radius 1 is 1.17 bits per heavy atom. The van der Waals surface area contributed by atoms with E-state index in [0.717, 1.165) is 51.0 Å². The van der Waals surface area contributed by atoms with Crippen LogP contribution in [-0.4, -0.2) is 60.5 Å². The standard InChI is InChI=1S/C26H31ClFN3O4/c1-35-22-14-20(13-21(28)15-22)24(33)26(34)31-10-6-18(7-11-31)12-17-4-8-30(9-5-17)23-3-2-19(16-32)25(27)29-23/h2-3,13-18,24,33H,4-12H2,1H3. The molecule has 0 saturated carbocycles. The molecular weight excluding hydrogens is 473 g/mol. The van der Waals surface area contributed by atoms with E-state index in [2.05, 4.69) is 9.88 Å². The minimum absolute atomic E-state index is 0.206. The second-order valence-electron chi connectivity index (χ2n) is 9.43. The number of aromatic nitrogens is 1. The lowest BCUT2D eigenvalue weighted by molar-refractivity contribution is -0.142. The fourth-order valence-corrected chi connectivity index (χ4v) is 5.33. The lowest BCUT2D eigenvalue weighted by Crippen LogP contribution is -2.42. The molecule has 0 spiro atoms. The Bertz CT molecular complexity index is 1050. The highest BCUT2D eigenvalue weighted by Gasteiger charge is 2.30. The van der Waals surface area contributed by atoms with Crippen molar-refractivity contribution in [3.8, 4) is 5.75 Å². The molecule has 2 aliphatic rings. The molecule has 4 rings (SSSR count). The molecule has 0 radical (unpaired) electrons. The number of ether oxygens (including phenoxy) is 1. The van der Waals surface area contributed by atoms with Crippen LogP contribution >= 0.6 is 11.6 Å². The molecule has 1 amide bonds. The number of pyridine rings is 1. The van der Waals surface area contributed by atoms with Crippen molar-refractivity contribution in [3.05, 3.63) is 52.4 Å². The minimum Gasteiger partial charge on any atom is -0.497 e. The molecule has 2 saturated heterocycles. The quantitative estimate of drug-likeness (QED) is 0.448. The molecule has 3 heterocycles. The van der Waals surface area contributed by atoms with Gasteiger partial charge in [-0.1, -0.05) is 11.6 Å². The number of halogens is 2. The van der Waals surface area contributed by atoms with Gasteiger partial charge in [0.25, 0.3) is 5.91 Å². The van der Waals surface area contributed by atoms with E-state index in [1.54, 1.807) is 11.0 Å². The summed E-state index contributed by atoms with van der Waals surface area (Å²) in [5.74, 6) is 1.30. The van der Waals surface area contributed by atoms with Crippen molar-refractivity contribution in [2.45, 2.75) is 38.2 Å². The fourth-order valence-electron chi connectivity index (χ4n) is 5.13. The highest BCUT2D eigenvalue weighted by molar-refractivity contribution is 6.31. The van der Waals surface area contributed by atoms with E-state index in [-0.39, 0.29) is 16.5 Å². The number of anilines is 1. The van der Waals surface area contributed by atoms with Crippen molar-refractivity contribution in [2.75, 3.05) is 38.2 Å². The van der Waals surface area contributed by atoms with Gasteiger partial charge in [-0.2, -0.15) is 0 Å². The average molecular weight is 504 g/mol. The number of hydrogen-bond acceptors (Lipinski definition) is 6. The Hall–Kier alpha value is -2.71. The highest BCUT2D eigenvalue weighted by Crippen LogP contribution is 2.32. The Morgan fingerprint density at radius 3 is 2.43 bits per heavy atom. The van der Waals surface area contributed by atoms with E-state index < -0.39 is 17.8 Å². The van der Waals surface area contributed by atoms with Gasteiger partial charge in [-0.05, 0) is 73.8 Å². The van der Waals surface area contributed by atoms with Crippen molar-refractivity contribution in [3.63, 3.8) is 0 Å². The molecule has 7 nitrogen and oxygen atoms in total. The van der Waals surface area contributed by atoms with Crippen molar-refractivity contribution in [1.82, 2.24) is 9.88 Å². The molecule has 2 fully saturated rings. The summed E-state index contributed by atoms with van der Waals surface area (Å²) in [5.41, 5.74) is 0.607. The molecule has 1 atom stereocenters. The summed E-state index contributed by atoms with van der Waals surface area (Å²) in [4.78, 5) is 32.0. The maximum absolute atomic E-state index is 13.8. The third-order valence-electron chi connectivity index (χ3n) is 7.20. The summed E-state index contributed by atoms with van der Waals surface area (Å²) in [5, 5.41) is 10.8. The van der Waals surface area contributed by atoms with E-state index in [1.165, 1.54) is 25.3 Å². The molecule has 0 bridgehead atoms. The van der Waals surface area contributed by atoms with Gasteiger partial charge in [0, 0.05) is 32.2 Å². The maximum Gasteiger partial charge on any atom is 0.256 e. The number of aliphatic hydroxyl groups is 1. The largest absolute Gasteiger partial charge is 0.497 e. The maximum atomic E-state index is 13.8. The van der Waals surface area contributed by atoms with Gasteiger partial charge < -0.3 is 19.6 Å². The second kappa shape index (κ2) is 11.4. The number of rotatable bonds is 7. The minimum atomic E-state index is -1.40. The average Bonchev–Trinajstić information content (AvgIpc) is 2.88. The fraction of sp³-hybridized carbons (Fsp3) is 0.500. The highest BCUT2D eigenvalue weighted by atomic mass is 35.5. The topological polar surface area (TPSA) is 83.0 Å². The monoisotopic (exact) mass is 503 g/mol. The number of nitrogens with zero attached hydrogens (tertiary/aromatic N) is 3. The van der Waals surface area contributed by atoms with Gasteiger partial charge in [0.1, 0.15) is 22.5 Å². The summed E-state index contributed by atoms with van der Waals surface area (Å²) >= 11 is 6.08. The first-order valence-corrected chi connectivity index (χ1v) is 12.4. The Morgan fingerprint density at radius 2 is 1.83 bits per heavy atom. The van der Waals surface area contributed by atoms with Gasteiger partial charge in [-0.15, -0.1) is 0 Å². The number of amides is 1. The summed E-state index contributed by atoms with van der Waals surface area (Å²) < 4.78 is 18.8. The molecule has 1 N–H and O–H groups in total. The van der Waals surface area contributed by atoms with Crippen LogP contribution in [0.1, 0.15) is 54.1 Å². The Balaban J connectivity index is 1.24. The molecule has 1 unspecified atom stereocenters. The number of benzene rings is 1. The van der Waals surface area contributed by atoms with Gasteiger partial charge in [-0.25, -0.2) is 9.37 Å². The first kappa shape index (κ1) is 25.4. The number of hydrogen-bond donors (Lipinski definition) is 1. The van der Waals surface area contributed by atoms with E-state index in [1.807, 2.05) is 6.07 Å². The number of methoxy groups -OCH3 is 1. The van der Waals surface area contributed by atoms with Crippen molar-refractivity contribution in [2.24, 2.45) is 11.8 Å². The number of likely N-dealkylation sites (tertiary alicyclic amines) is 1. The zero-order valence-corrected chi connectivity index (χ0v) is 20.6. The van der Waals surface area contributed by atoms with E-state index >= 15 is 0 Å². The number of carbonyl (C=O) groups excluding carboxylic acids is 2. The summed E-state index contributed by atoms with van der Waals surface area (Å²) in [6.07, 6.45) is 4.36. The van der Waals surface area contributed by atoms with Crippen molar-refractivity contribution in [1.29, 1.82) is 0 Å². The number of aliphatic hydroxyl groups excluding tert-OH is 1. The van der Waals surface area contributed by atoms with Crippen molar-refractivity contribution < 1.29 is 23.8 Å². The van der Waals surface area contributed by atoms with Crippen LogP contribution in [0, 0.1) is 17.7 Å². The first-order valence-electron chi connectivity index (χ1n) is 12.1. The molecule has 35 heavy (non-hydrogen) atoms. The molecule has 9 heteroatoms. The summed E-state index contributed by atoms with van der Waals surface area (Å²) in [6.45, 7) is 2.98. The SMILES string of the molecule is COc1cc(F)cc(C(O)C(=O)N2CCC(CC3CCN(c4ccc(C=O)c(Cl)n4)CC3)CC2)c1. The zero-order valence-electron chi connectivity index (χ0n) is 19.8. The van der Waals surface area contributed by atoms with Crippen molar-refractivity contribution >= 4 is 29.6 Å². The van der Waals surface area contributed by atoms with Gasteiger partial charge in [0.15, 0.2) is 12.4 Å². The molecule has 188 valence electrons. The van der Waals surface area contributed by atoms with Crippen LogP contribution in [0.15, 0.2) is 30.3 Å². The number of aldehydes is 1. The van der Waals surface area contributed by atoms with Crippen LogP contribution in [-0.2, 0) is 4.79 Å². The summed E-state index contributed by atoms with van der Waals surface area (Å²) in [6, 6.07) is 7.43. The van der Waals surface area contributed by atoms with Gasteiger partial charge in [-0.3, -0.25) is 9.59 Å². The Labute approximate surface area is 209 Å². The van der Waals surface area contributed by atoms with E-state index in [9.17, 15) is 19.1 Å². The molecule has 1 aromatic heterocycles. The normalized spacial score (nSPS) is 18.4. The van der Waals surface area contributed by atoms with Gasteiger partial charge in [0.2, 0.25) is 0 Å². The smallest absolute Gasteiger partial charge is 0.256 e. The lowest BCUT2D eigenvalue weighted by atomic mass is 9.82. The van der Waals surface area contributed by atoms with E-state index in [4.69, 9.17) is 16.3 Å². The predicted octanol–water partition coefficient (Wildman–Crippen LogP) is 4.27. The number of carbonyl (C=O) groups is 2. The van der Waals surface area contributed by atoms with Crippen LogP contribution in [0.4, 0.5) is 10.2 Å². The molecule has 0 aliphatic carbocycles. The predicted molar refractivity (Wildman–Crippen MR) is 131 cm³/mol. The van der Waals surface area contributed by atoms with Gasteiger partial charge in [0.05, 0.1) is 12.7 Å². The molecule has 2 aliphatic heterocycles. The van der Waals surface area contributed by atoms with Gasteiger partial charge >= 0.3 is 0 Å². The van der Waals surface area contributed by atoms with Crippen LogP contribution in [0.2, 0.25) is 5.15 Å². The van der Waals surface area contributed by atoms with Crippen LogP contribution in [0.25, 0.3) is 0 Å². The molecule has 2 aromatic rings. The third-order valence-corrected chi connectivity index (χ3v) is 7.50.